The Morgan fingerprint density at radius 1 is 0.902 bits per heavy atom. The SMILES string of the molecule is O=C(NCCCN1CCCC1)c1ccc(OC2CCN(C(=O)C3c4ccccc4Oc4ccccc43)CC2)c(Cl)c1. The molecule has 7 nitrogen and oxygen atoms in total. The molecule has 2 fully saturated rings. The summed E-state index contributed by atoms with van der Waals surface area (Å²) in [5, 5.41) is 3.42. The van der Waals surface area contributed by atoms with Gasteiger partial charge >= 0.3 is 0 Å². The molecule has 0 aromatic heterocycles. The molecule has 3 aliphatic rings. The van der Waals surface area contributed by atoms with Crippen molar-refractivity contribution in [2.75, 3.05) is 39.3 Å². The molecule has 0 radical (unpaired) electrons. The van der Waals surface area contributed by atoms with Crippen LogP contribution in [0.2, 0.25) is 5.02 Å². The van der Waals surface area contributed by atoms with Crippen LogP contribution in [0.15, 0.2) is 66.7 Å². The summed E-state index contributed by atoms with van der Waals surface area (Å²) >= 11 is 6.53. The molecule has 1 N–H and O–H groups in total. The summed E-state index contributed by atoms with van der Waals surface area (Å²) in [5.74, 6) is 1.60. The fraction of sp³-hybridized carbons (Fsp3) is 0.394. The molecule has 6 rings (SSSR count). The first-order chi connectivity index (χ1) is 20.1. The number of piperidine rings is 1. The first-order valence-corrected chi connectivity index (χ1v) is 15.1. The molecule has 41 heavy (non-hydrogen) atoms. The van der Waals surface area contributed by atoms with Crippen molar-refractivity contribution in [2.24, 2.45) is 0 Å². The number of halogens is 1. The van der Waals surface area contributed by atoms with Gasteiger partial charge in [-0.2, -0.15) is 0 Å². The van der Waals surface area contributed by atoms with Crippen molar-refractivity contribution in [1.29, 1.82) is 0 Å². The lowest BCUT2D eigenvalue weighted by molar-refractivity contribution is -0.133. The summed E-state index contributed by atoms with van der Waals surface area (Å²) < 4.78 is 12.3. The van der Waals surface area contributed by atoms with Gasteiger partial charge < -0.3 is 24.6 Å². The summed E-state index contributed by atoms with van der Waals surface area (Å²) in [5.41, 5.74) is 2.33. The zero-order valence-electron chi connectivity index (χ0n) is 23.2. The number of para-hydroxylation sites is 2. The number of benzene rings is 3. The second-order valence-electron chi connectivity index (χ2n) is 11.1. The summed E-state index contributed by atoms with van der Waals surface area (Å²) in [6.45, 7) is 5.20. The Labute approximate surface area is 246 Å². The summed E-state index contributed by atoms with van der Waals surface area (Å²) in [4.78, 5) is 30.8. The van der Waals surface area contributed by atoms with Crippen LogP contribution in [0.25, 0.3) is 0 Å². The molecule has 3 aliphatic heterocycles. The van der Waals surface area contributed by atoms with E-state index in [-0.39, 0.29) is 23.8 Å². The predicted octanol–water partition coefficient (Wildman–Crippen LogP) is 5.86. The summed E-state index contributed by atoms with van der Waals surface area (Å²) in [7, 11) is 0. The van der Waals surface area contributed by atoms with Crippen LogP contribution in [0.3, 0.4) is 0 Å². The first-order valence-electron chi connectivity index (χ1n) is 14.7. The van der Waals surface area contributed by atoms with E-state index in [0.29, 0.717) is 48.8 Å². The second-order valence-corrected chi connectivity index (χ2v) is 11.5. The molecule has 2 saturated heterocycles. The Kier molecular flexibility index (Phi) is 8.44. The number of hydrogen-bond acceptors (Lipinski definition) is 5. The topological polar surface area (TPSA) is 71.1 Å². The van der Waals surface area contributed by atoms with Gasteiger partial charge in [-0.05, 0) is 69.2 Å². The Bertz CT molecular complexity index is 1350. The maximum atomic E-state index is 13.8. The van der Waals surface area contributed by atoms with E-state index in [1.165, 1.54) is 25.9 Å². The van der Waals surface area contributed by atoms with Gasteiger partial charge in [0.15, 0.2) is 0 Å². The number of nitrogens with zero attached hydrogens (tertiary/aromatic N) is 2. The smallest absolute Gasteiger partial charge is 0.251 e. The van der Waals surface area contributed by atoms with Gasteiger partial charge in [-0.3, -0.25) is 9.59 Å². The van der Waals surface area contributed by atoms with Gasteiger partial charge in [-0.25, -0.2) is 0 Å². The van der Waals surface area contributed by atoms with Gasteiger partial charge in [0.25, 0.3) is 5.91 Å². The van der Waals surface area contributed by atoms with Crippen molar-refractivity contribution in [3.05, 3.63) is 88.4 Å². The number of ether oxygens (including phenoxy) is 2. The van der Waals surface area contributed by atoms with Crippen LogP contribution in [0.4, 0.5) is 0 Å². The molecule has 3 aromatic carbocycles. The summed E-state index contributed by atoms with van der Waals surface area (Å²) in [6.07, 6.45) is 4.83. The highest BCUT2D eigenvalue weighted by Gasteiger charge is 2.36. The average molecular weight is 574 g/mol. The molecule has 3 heterocycles. The average Bonchev–Trinajstić information content (AvgIpc) is 3.53. The predicted molar refractivity (Wildman–Crippen MR) is 159 cm³/mol. The third-order valence-corrected chi connectivity index (χ3v) is 8.60. The minimum absolute atomic E-state index is 0.0592. The number of nitrogens with one attached hydrogen (secondary N) is 1. The Hall–Kier alpha value is -3.55. The lowest BCUT2D eigenvalue weighted by Gasteiger charge is -2.36. The maximum Gasteiger partial charge on any atom is 0.251 e. The molecule has 0 unspecified atom stereocenters. The van der Waals surface area contributed by atoms with Crippen molar-refractivity contribution in [3.63, 3.8) is 0 Å². The van der Waals surface area contributed by atoms with E-state index < -0.39 is 0 Å². The zero-order chi connectivity index (χ0) is 28.2. The Morgan fingerprint density at radius 2 is 1.56 bits per heavy atom. The van der Waals surface area contributed by atoms with Crippen LogP contribution >= 0.6 is 11.6 Å². The van der Waals surface area contributed by atoms with E-state index in [1.807, 2.05) is 53.4 Å². The molecule has 0 aliphatic carbocycles. The van der Waals surface area contributed by atoms with E-state index in [9.17, 15) is 9.59 Å². The minimum Gasteiger partial charge on any atom is -0.489 e. The lowest BCUT2D eigenvalue weighted by Crippen LogP contribution is -2.44. The molecule has 8 heteroatoms. The molecule has 0 bridgehead atoms. The second kappa shape index (κ2) is 12.5. The number of fused-ring (bicyclic) bond motifs is 2. The van der Waals surface area contributed by atoms with Crippen LogP contribution < -0.4 is 14.8 Å². The minimum atomic E-state index is -0.387. The highest BCUT2D eigenvalue weighted by atomic mass is 35.5. The van der Waals surface area contributed by atoms with Gasteiger partial charge in [-0.1, -0.05) is 48.0 Å². The maximum absolute atomic E-state index is 13.8. The van der Waals surface area contributed by atoms with E-state index in [1.54, 1.807) is 18.2 Å². The third-order valence-electron chi connectivity index (χ3n) is 8.30. The first kappa shape index (κ1) is 27.6. The monoisotopic (exact) mass is 573 g/mol. The van der Waals surface area contributed by atoms with E-state index >= 15 is 0 Å². The quantitative estimate of drug-likeness (QED) is 0.342. The van der Waals surface area contributed by atoms with Crippen molar-refractivity contribution in [2.45, 2.75) is 44.1 Å². The van der Waals surface area contributed by atoms with Crippen LogP contribution in [0.1, 0.15) is 59.5 Å². The van der Waals surface area contributed by atoms with E-state index in [0.717, 1.165) is 35.6 Å². The Balaban J connectivity index is 1.02. The van der Waals surface area contributed by atoms with Crippen LogP contribution in [-0.2, 0) is 4.79 Å². The number of amides is 2. The fourth-order valence-electron chi connectivity index (χ4n) is 6.08. The van der Waals surface area contributed by atoms with Crippen molar-refractivity contribution < 1.29 is 19.1 Å². The van der Waals surface area contributed by atoms with Gasteiger partial charge in [-0.15, -0.1) is 0 Å². The number of rotatable bonds is 8. The lowest BCUT2D eigenvalue weighted by atomic mass is 9.86. The van der Waals surface area contributed by atoms with Crippen molar-refractivity contribution in [3.8, 4) is 17.2 Å². The van der Waals surface area contributed by atoms with Crippen molar-refractivity contribution in [1.82, 2.24) is 15.1 Å². The molecule has 214 valence electrons. The van der Waals surface area contributed by atoms with Crippen molar-refractivity contribution >= 4 is 23.4 Å². The molecular formula is C33H36ClN3O4. The standard InChI is InChI=1S/C33H36ClN3O4/c34-27-22-23(32(38)35-16-7-19-36-17-5-6-18-36)12-13-30(27)40-24-14-20-37(21-15-24)33(39)31-25-8-1-3-10-28(25)41-29-11-4-2-9-26(29)31/h1-4,8-13,22,24,31H,5-7,14-21H2,(H,35,38). The molecule has 0 spiro atoms. The molecule has 0 saturated carbocycles. The fourth-order valence-corrected chi connectivity index (χ4v) is 6.31. The number of hydrogen-bond donors (Lipinski definition) is 1. The third kappa shape index (κ3) is 6.21. The molecule has 2 amide bonds. The van der Waals surface area contributed by atoms with Crippen LogP contribution in [-0.4, -0.2) is 67.0 Å². The summed E-state index contributed by atoms with van der Waals surface area (Å²) in [6, 6.07) is 20.7. The molecular weight excluding hydrogens is 538 g/mol. The number of carbonyl (C=O) groups excluding carboxylic acids is 2. The van der Waals surface area contributed by atoms with Gasteiger partial charge in [0.05, 0.1) is 10.9 Å². The van der Waals surface area contributed by atoms with E-state index in [2.05, 4.69) is 10.2 Å². The van der Waals surface area contributed by atoms with Gasteiger partial charge in [0.2, 0.25) is 5.91 Å². The van der Waals surface area contributed by atoms with Crippen LogP contribution in [0, 0.1) is 0 Å². The zero-order valence-corrected chi connectivity index (χ0v) is 23.9. The Morgan fingerprint density at radius 3 is 2.22 bits per heavy atom. The number of carbonyl (C=O) groups is 2. The molecule has 3 aromatic rings. The van der Waals surface area contributed by atoms with Gasteiger partial charge in [0, 0.05) is 49.2 Å². The van der Waals surface area contributed by atoms with E-state index in [4.69, 9.17) is 21.1 Å². The highest BCUT2D eigenvalue weighted by Crippen LogP contribution is 2.45. The largest absolute Gasteiger partial charge is 0.489 e. The molecule has 0 atom stereocenters. The van der Waals surface area contributed by atoms with Crippen LogP contribution in [0.5, 0.6) is 17.2 Å². The highest BCUT2D eigenvalue weighted by molar-refractivity contribution is 6.32. The normalized spacial score (nSPS) is 17.4. The van der Waals surface area contributed by atoms with Gasteiger partial charge in [0.1, 0.15) is 23.4 Å². The number of likely N-dealkylation sites (tertiary alicyclic amines) is 2.